The summed E-state index contributed by atoms with van der Waals surface area (Å²) in [6, 6.07) is 14.6. The first-order chi connectivity index (χ1) is 8.25. The van der Waals surface area contributed by atoms with Gasteiger partial charge in [0, 0.05) is 18.7 Å². The molecule has 0 atom stereocenters. The lowest BCUT2D eigenvalue weighted by Gasteiger charge is -2.06. The molecular weight excluding hydrogens is 210 g/mol. The molecule has 2 aromatic carbocycles. The minimum absolute atomic E-state index is 0.255. The molecule has 0 heterocycles. The van der Waals surface area contributed by atoms with E-state index in [1.807, 2.05) is 12.1 Å². The maximum atomic E-state index is 10.8. The third kappa shape index (κ3) is 3.31. The summed E-state index contributed by atoms with van der Waals surface area (Å²) in [5.41, 5.74) is 1.12. The molecule has 88 valence electrons. The molecule has 2 rings (SSSR count). The zero-order chi connectivity index (χ0) is 12.1. The van der Waals surface area contributed by atoms with Gasteiger partial charge in [-0.1, -0.05) is 30.3 Å². The Balaban J connectivity index is 1.97. The van der Waals surface area contributed by atoms with E-state index >= 15 is 0 Å². The molecule has 2 heteroatoms. The fraction of sp³-hybridized carbons (Fsp3) is 0.267. The second-order valence-corrected chi connectivity index (χ2v) is 4.29. The van der Waals surface area contributed by atoms with Gasteiger partial charge in [0.25, 0.3) is 0 Å². The van der Waals surface area contributed by atoms with Gasteiger partial charge in [-0.25, -0.2) is 0 Å². The van der Waals surface area contributed by atoms with Crippen molar-refractivity contribution in [1.29, 1.82) is 0 Å². The number of hydrogen-bond donors (Lipinski definition) is 1. The van der Waals surface area contributed by atoms with E-state index in [2.05, 4.69) is 35.6 Å². The Hall–Kier alpha value is -1.83. The Morgan fingerprint density at radius 3 is 2.65 bits per heavy atom. The monoisotopic (exact) mass is 227 g/mol. The number of benzene rings is 2. The molecule has 17 heavy (non-hydrogen) atoms. The summed E-state index contributed by atoms with van der Waals surface area (Å²) in [6.45, 7) is 2.48. The van der Waals surface area contributed by atoms with Gasteiger partial charge in [-0.05, 0) is 36.2 Å². The van der Waals surface area contributed by atoms with E-state index in [4.69, 9.17) is 0 Å². The van der Waals surface area contributed by atoms with Crippen LogP contribution in [0.3, 0.4) is 0 Å². The van der Waals surface area contributed by atoms with Crippen LogP contribution in [-0.4, -0.2) is 12.3 Å². The largest absolute Gasteiger partial charge is 0.385 e. The predicted octanol–water partition coefficient (Wildman–Crippen LogP) is 3.62. The summed E-state index contributed by atoms with van der Waals surface area (Å²) in [5, 5.41) is 5.83. The number of rotatable bonds is 5. The summed E-state index contributed by atoms with van der Waals surface area (Å²) in [4.78, 5) is 10.8. The van der Waals surface area contributed by atoms with E-state index in [1.165, 1.54) is 10.8 Å². The van der Waals surface area contributed by atoms with Crippen LogP contribution in [0.4, 0.5) is 5.69 Å². The highest BCUT2D eigenvalue weighted by molar-refractivity contribution is 5.85. The first kappa shape index (κ1) is 11.6. The SMILES string of the molecule is CC(=O)CCCNc1ccc2ccccc2c1. The maximum absolute atomic E-state index is 10.8. The number of anilines is 1. The van der Waals surface area contributed by atoms with Crippen molar-refractivity contribution >= 4 is 22.2 Å². The van der Waals surface area contributed by atoms with Gasteiger partial charge in [-0.15, -0.1) is 0 Å². The average Bonchev–Trinajstić information content (AvgIpc) is 2.34. The van der Waals surface area contributed by atoms with Gasteiger partial charge in [-0.3, -0.25) is 0 Å². The van der Waals surface area contributed by atoms with Crippen LogP contribution in [0.25, 0.3) is 10.8 Å². The summed E-state index contributed by atoms with van der Waals surface area (Å²) in [7, 11) is 0. The Morgan fingerprint density at radius 1 is 1.12 bits per heavy atom. The zero-order valence-corrected chi connectivity index (χ0v) is 10.1. The van der Waals surface area contributed by atoms with Crippen molar-refractivity contribution in [1.82, 2.24) is 0 Å². The Bertz CT molecular complexity index is 519. The predicted molar refractivity (Wildman–Crippen MR) is 72.4 cm³/mol. The zero-order valence-electron chi connectivity index (χ0n) is 10.1. The molecule has 0 spiro atoms. The van der Waals surface area contributed by atoms with Crippen LogP contribution in [0.5, 0.6) is 0 Å². The molecule has 0 radical (unpaired) electrons. The molecular formula is C15H17NO. The van der Waals surface area contributed by atoms with Crippen LogP contribution >= 0.6 is 0 Å². The summed E-state index contributed by atoms with van der Waals surface area (Å²) in [5.74, 6) is 0.255. The second-order valence-electron chi connectivity index (χ2n) is 4.29. The number of carbonyl (C=O) groups excluding carboxylic acids is 1. The molecule has 2 nitrogen and oxygen atoms in total. The van der Waals surface area contributed by atoms with Gasteiger partial charge in [0.1, 0.15) is 5.78 Å². The maximum Gasteiger partial charge on any atom is 0.129 e. The Kier molecular flexibility index (Phi) is 3.76. The molecule has 0 unspecified atom stereocenters. The highest BCUT2D eigenvalue weighted by Crippen LogP contribution is 2.18. The third-order valence-electron chi connectivity index (χ3n) is 2.78. The van der Waals surface area contributed by atoms with E-state index in [0.29, 0.717) is 6.42 Å². The fourth-order valence-electron chi connectivity index (χ4n) is 1.87. The van der Waals surface area contributed by atoms with E-state index in [9.17, 15) is 4.79 Å². The highest BCUT2D eigenvalue weighted by Gasteiger charge is 1.96. The quantitative estimate of drug-likeness (QED) is 0.790. The van der Waals surface area contributed by atoms with E-state index in [0.717, 1.165) is 18.7 Å². The van der Waals surface area contributed by atoms with Gasteiger partial charge in [0.15, 0.2) is 0 Å². The minimum atomic E-state index is 0.255. The number of nitrogens with one attached hydrogen (secondary N) is 1. The molecule has 0 aromatic heterocycles. The van der Waals surface area contributed by atoms with Crippen LogP contribution in [-0.2, 0) is 4.79 Å². The lowest BCUT2D eigenvalue weighted by molar-refractivity contribution is -0.117. The number of Topliss-reactive ketones (excluding diaryl/α,β-unsaturated/α-hetero) is 1. The number of carbonyl (C=O) groups is 1. The fourth-order valence-corrected chi connectivity index (χ4v) is 1.87. The third-order valence-corrected chi connectivity index (χ3v) is 2.78. The first-order valence-corrected chi connectivity index (χ1v) is 5.98. The van der Waals surface area contributed by atoms with Crippen molar-refractivity contribution in [2.24, 2.45) is 0 Å². The molecule has 0 saturated carbocycles. The van der Waals surface area contributed by atoms with Crippen molar-refractivity contribution in [3.05, 3.63) is 42.5 Å². The normalized spacial score (nSPS) is 10.4. The van der Waals surface area contributed by atoms with Crippen LogP contribution in [0.2, 0.25) is 0 Å². The standard InChI is InChI=1S/C15H17NO/c1-12(17)5-4-10-16-15-9-8-13-6-2-3-7-14(13)11-15/h2-3,6-9,11,16H,4-5,10H2,1H3. The van der Waals surface area contributed by atoms with Crippen LogP contribution in [0.15, 0.2) is 42.5 Å². The summed E-state index contributed by atoms with van der Waals surface area (Å²) < 4.78 is 0. The lowest BCUT2D eigenvalue weighted by atomic mass is 10.1. The van der Waals surface area contributed by atoms with Crippen LogP contribution < -0.4 is 5.32 Å². The second kappa shape index (κ2) is 5.48. The van der Waals surface area contributed by atoms with E-state index in [-0.39, 0.29) is 5.78 Å². The van der Waals surface area contributed by atoms with E-state index < -0.39 is 0 Å². The van der Waals surface area contributed by atoms with Gasteiger partial charge >= 0.3 is 0 Å². The molecule has 0 amide bonds. The number of fused-ring (bicyclic) bond motifs is 1. The van der Waals surface area contributed by atoms with Crippen LogP contribution in [0.1, 0.15) is 19.8 Å². The van der Waals surface area contributed by atoms with Crippen molar-refractivity contribution in [2.75, 3.05) is 11.9 Å². The molecule has 0 aliphatic carbocycles. The Morgan fingerprint density at radius 2 is 1.88 bits per heavy atom. The van der Waals surface area contributed by atoms with E-state index in [1.54, 1.807) is 6.92 Å². The number of ketones is 1. The number of hydrogen-bond acceptors (Lipinski definition) is 2. The first-order valence-electron chi connectivity index (χ1n) is 5.98. The molecule has 0 fully saturated rings. The van der Waals surface area contributed by atoms with Gasteiger partial charge in [0.2, 0.25) is 0 Å². The molecule has 0 bridgehead atoms. The van der Waals surface area contributed by atoms with Crippen molar-refractivity contribution < 1.29 is 4.79 Å². The van der Waals surface area contributed by atoms with Gasteiger partial charge in [0.05, 0.1) is 0 Å². The van der Waals surface area contributed by atoms with Gasteiger partial charge < -0.3 is 10.1 Å². The lowest BCUT2D eigenvalue weighted by Crippen LogP contribution is -2.03. The average molecular weight is 227 g/mol. The van der Waals surface area contributed by atoms with Crippen molar-refractivity contribution in [2.45, 2.75) is 19.8 Å². The van der Waals surface area contributed by atoms with Crippen LogP contribution in [0, 0.1) is 0 Å². The summed E-state index contributed by atoms with van der Waals surface area (Å²) >= 11 is 0. The smallest absolute Gasteiger partial charge is 0.129 e. The molecule has 0 saturated heterocycles. The molecule has 0 aliphatic rings. The minimum Gasteiger partial charge on any atom is -0.385 e. The molecule has 0 aliphatic heterocycles. The molecule has 2 aromatic rings. The topological polar surface area (TPSA) is 29.1 Å². The van der Waals surface area contributed by atoms with Gasteiger partial charge in [-0.2, -0.15) is 0 Å². The molecule has 1 N–H and O–H groups in total. The van der Waals surface area contributed by atoms with Crippen molar-refractivity contribution in [3.8, 4) is 0 Å². The highest BCUT2D eigenvalue weighted by atomic mass is 16.1. The van der Waals surface area contributed by atoms with Crippen molar-refractivity contribution in [3.63, 3.8) is 0 Å². The Labute approximate surface area is 102 Å². The summed E-state index contributed by atoms with van der Waals surface area (Å²) in [6.07, 6.45) is 1.54.